The molecule has 5 rings (SSSR count). The van der Waals surface area contributed by atoms with E-state index in [1.807, 2.05) is 25.1 Å². The summed E-state index contributed by atoms with van der Waals surface area (Å²) in [6, 6.07) is 15.9. The first kappa shape index (κ1) is 26.5. The van der Waals surface area contributed by atoms with E-state index >= 15 is 0 Å². The van der Waals surface area contributed by atoms with Crippen molar-refractivity contribution in [3.05, 3.63) is 101 Å². The fraction of sp³-hybridized carbons (Fsp3) is 0.222. The summed E-state index contributed by atoms with van der Waals surface area (Å²) in [5, 5.41) is 8.35. The molecule has 0 saturated heterocycles. The van der Waals surface area contributed by atoms with Gasteiger partial charge in [0.1, 0.15) is 17.6 Å². The molecule has 0 bridgehead atoms. The summed E-state index contributed by atoms with van der Waals surface area (Å²) in [6.45, 7) is 2.53. The number of hydrogen-bond acceptors (Lipinski definition) is 8. The van der Waals surface area contributed by atoms with Crippen molar-refractivity contribution < 1.29 is 22.7 Å². The minimum Gasteiger partial charge on any atom is -0.487 e. The van der Waals surface area contributed by atoms with Gasteiger partial charge >= 0.3 is 6.18 Å². The van der Waals surface area contributed by atoms with Gasteiger partial charge in [0.15, 0.2) is 6.73 Å². The van der Waals surface area contributed by atoms with Crippen molar-refractivity contribution in [1.29, 1.82) is 0 Å². The van der Waals surface area contributed by atoms with Gasteiger partial charge in [0.25, 0.3) is 0 Å². The van der Waals surface area contributed by atoms with Crippen molar-refractivity contribution in [3.8, 4) is 5.75 Å². The van der Waals surface area contributed by atoms with Crippen molar-refractivity contribution >= 4 is 28.7 Å². The van der Waals surface area contributed by atoms with Crippen LogP contribution in [-0.2, 0) is 17.6 Å². The lowest BCUT2D eigenvalue weighted by Gasteiger charge is -2.36. The average Bonchev–Trinajstić information content (AvgIpc) is 2.92. The highest BCUT2D eigenvalue weighted by atomic mass is 35.5. The van der Waals surface area contributed by atoms with Gasteiger partial charge in [-0.2, -0.15) is 18.3 Å². The number of fused-ring (bicyclic) bond motifs is 1. The number of hydrazine groups is 1. The van der Waals surface area contributed by atoms with Crippen molar-refractivity contribution in [3.63, 3.8) is 0 Å². The Bertz CT molecular complexity index is 1380. The molecule has 12 heteroatoms. The Morgan fingerprint density at radius 3 is 2.59 bits per heavy atom. The zero-order valence-corrected chi connectivity index (χ0v) is 21.5. The number of nitrogens with zero attached hydrogens (tertiary/aromatic N) is 5. The summed E-state index contributed by atoms with van der Waals surface area (Å²) in [7, 11) is 0. The number of rotatable bonds is 7. The van der Waals surface area contributed by atoms with E-state index in [9.17, 15) is 13.2 Å². The molecule has 3 aromatic rings. The molecule has 0 spiro atoms. The number of nitrogens with one attached hydrogen (secondary N) is 1. The largest absolute Gasteiger partial charge is 0.487 e. The van der Waals surface area contributed by atoms with Gasteiger partial charge in [0, 0.05) is 23.0 Å². The summed E-state index contributed by atoms with van der Waals surface area (Å²) in [4.78, 5) is 14.7. The van der Waals surface area contributed by atoms with Gasteiger partial charge in [-0.3, -0.25) is 20.4 Å². The Hall–Kier alpha value is -4.09. The van der Waals surface area contributed by atoms with Crippen LogP contribution in [0.3, 0.4) is 0 Å². The minimum atomic E-state index is -4.39. The van der Waals surface area contributed by atoms with Gasteiger partial charge < -0.3 is 4.74 Å². The zero-order chi connectivity index (χ0) is 27.4. The summed E-state index contributed by atoms with van der Waals surface area (Å²) >= 11 is 6.10. The van der Waals surface area contributed by atoms with Crippen LogP contribution in [0.4, 0.5) is 13.2 Å². The van der Waals surface area contributed by atoms with Gasteiger partial charge in [-0.25, -0.2) is 4.84 Å². The van der Waals surface area contributed by atoms with E-state index in [0.29, 0.717) is 34.4 Å². The number of aliphatic imine (C=N–C) groups is 1. The third kappa shape index (κ3) is 6.50. The Morgan fingerprint density at radius 2 is 1.90 bits per heavy atom. The Balaban J connectivity index is 1.41. The molecule has 1 unspecified atom stereocenters. The fourth-order valence-corrected chi connectivity index (χ4v) is 4.07. The van der Waals surface area contributed by atoms with Crippen molar-refractivity contribution in [2.75, 3.05) is 13.3 Å². The van der Waals surface area contributed by atoms with E-state index in [-0.39, 0.29) is 19.4 Å². The molecular weight excluding hydrogens is 533 g/mol. The number of alkyl halides is 3. The summed E-state index contributed by atoms with van der Waals surface area (Å²) < 4.78 is 44.8. The second kappa shape index (κ2) is 11.3. The Labute approximate surface area is 227 Å². The minimum absolute atomic E-state index is 0.0788. The van der Waals surface area contributed by atoms with Gasteiger partial charge in [-0.05, 0) is 54.4 Å². The molecule has 3 heterocycles. The van der Waals surface area contributed by atoms with E-state index in [4.69, 9.17) is 31.3 Å². The molecule has 0 radical (unpaired) electrons. The Kier molecular flexibility index (Phi) is 7.71. The summed E-state index contributed by atoms with van der Waals surface area (Å²) in [5.74, 6) is 1.03. The maximum atomic E-state index is 13.0. The van der Waals surface area contributed by atoms with E-state index in [1.165, 1.54) is 17.3 Å². The number of hydrazone groups is 1. The second-order valence-electron chi connectivity index (χ2n) is 8.84. The third-order valence-corrected chi connectivity index (χ3v) is 6.09. The van der Waals surface area contributed by atoms with Crippen LogP contribution < -0.4 is 10.2 Å². The highest BCUT2D eigenvalue weighted by Gasteiger charge is 2.32. The summed E-state index contributed by atoms with van der Waals surface area (Å²) in [5.41, 5.74) is 5.18. The van der Waals surface area contributed by atoms with Gasteiger partial charge in [0.05, 0.1) is 24.8 Å². The van der Waals surface area contributed by atoms with Crippen LogP contribution in [0, 0.1) is 0 Å². The van der Waals surface area contributed by atoms with Crippen LogP contribution in [0.1, 0.15) is 23.6 Å². The first-order valence-electron chi connectivity index (χ1n) is 12.0. The number of ether oxygens (including phenoxy) is 1. The number of halogens is 4. The number of benzene rings is 2. The molecule has 2 aliphatic heterocycles. The first-order valence-corrected chi connectivity index (χ1v) is 12.4. The van der Waals surface area contributed by atoms with Gasteiger partial charge in [-0.1, -0.05) is 35.9 Å². The average molecular weight is 557 g/mol. The SMILES string of the molecule is CC(CN=C1C(c2ccc(Cl)cc2)=CNN2OCN(Cc3ccc(C(F)(F)F)cc3)N=C12)Oc1cccnc1. The molecule has 2 aliphatic rings. The molecule has 2 aromatic carbocycles. The van der Waals surface area contributed by atoms with E-state index in [1.54, 1.807) is 41.8 Å². The predicted octanol–water partition coefficient (Wildman–Crippen LogP) is 5.54. The standard InChI is InChI=1S/C27H24ClF3N6O2/c1-18(39-23-3-2-12-32-14-23)13-33-25-24(20-6-10-22(28)11-7-20)15-34-37-26(25)35-36(17-38-37)16-19-4-8-21(9-5-19)27(29,30)31/h2-12,14-15,18,34H,13,16-17H2,1H3. The van der Waals surface area contributed by atoms with E-state index < -0.39 is 11.7 Å². The molecule has 0 amide bonds. The smallest absolute Gasteiger partial charge is 0.416 e. The molecule has 0 aliphatic carbocycles. The lowest BCUT2D eigenvalue weighted by Crippen LogP contribution is -2.53. The highest BCUT2D eigenvalue weighted by Crippen LogP contribution is 2.30. The number of pyridine rings is 1. The number of aromatic nitrogens is 1. The van der Waals surface area contributed by atoms with Crippen molar-refractivity contribution in [2.24, 2.45) is 10.1 Å². The molecule has 1 atom stereocenters. The van der Waals surface area contributed by atoms with Crippen LogP contribution in [0.2, 0.25) is 5.02 Å². The molecule has 8 nitrogen and oxygen atoms in total. The lowest BCUT2D eigenvalue weighted by molar-refractivity contribution is -0.180. The van der Waals surface area contributed by atoms with Crippen LogP contribution >= 0.6 is 11.6 Å². The van der Waals surface area contributed by atoms with Crippen LogP contribution in [0.15, 0.2) is 89.4 Å². The molecule has 1 aromatic heterocycles. The molecule has 39 heavy (non-hydrogen) atoms. The van der Waals surface area contributed by atoms with Gasteiger partial charge in [-0.15, -0.1) is 5.17 Å². The Morgan fingerprint density at radius 1 is 1.13 bits per heavy atom. The maximum absolute atomic E-state index is 13.0. The van der Waals surface area contributed by atoms with E-state index in [2.05, 4.69) is 10.4 Å². The van der Waals surface area contributed by atoms with Gasteiger partial charge in [0.2, 0.25) is 5.84 Å². The molecule has 202 valence electrons. The molecule has 0 fully saturated rings. The summed E-state index contributed by atoms with van der Waals surface area (Å²) in [6.07, 6.45) is 0.397. The van der Waals surface area contributed by atoms with Crippen molar-refractivity contribution in [2.45, 2.75) is 25.7 Å². The molecular formula is C27H24ClF3N6O2. The second-order valence-corrected chi connectivity index (χ2v) is 9.27. The van der Waals surface area contributed by atoms with Crippen LogP contribution in [-0.4, -0.2) is 46.1 Å². The molecule has 0 saturated carbocycles. The van der Waals surface area contributed by atoms with Crippen LogP contribution in [0.25, 0.3) is 5.57 Å². The lowest BCUT2D eigenvalue weighted by atomic mass is 10.00. The zero-order valence-electron chi connectivity index (χ0n) is 20.8. The number of amidine groups is 1. The van der Waals surface area contributed by atoms with Crippen molar-refractivity contribution in [1.82, 2.24) is 20.6 Å². The number of hydroxylamine groups is 1. The highest BCUT2D eigenvalue weighted by molar-refractivity contribution is 6.57. The van der Waals surface area contributed by atoms with E-state index in [0.717, 1.165) is 23.3 Å². The normalized spacial score (nSPS) is 17.2. The first-order chi connectivity index (χ1) is 18.8. The van der Waals surface area contributed by atoms with Crippen LogP contribution in [0.5, 0.6) is 5.75 Å². The monoisotopic (exact) mass is 556 g/mol. The molecule has 1 N–H and O–H groups in total. The number of hydrogen-bond donors (Lipinski definition) is 1. The quantitative estimate of drug-likeness (QED) is 0.412. The fourth-order valence-electron chi connectivity index (χ4n) is 3.95. The maximum Gasteiger partial charge on any atom is 0.416 e. The predicted molar refractivity (Wildman–Crippen MR) is 141 cm³/mol. The topological polar surface area (TPSA) is 74.6 Å². The third-order valence-electron chi connectivity index (χ3n) is 5.84.